The highest BCUT2D eigenvalue weighted by Gasteiger charge is 2.16. The molecule has 0 aliphatic carbocycles. The van der Waals surface area contributed by atoms with E-state index in [-0.39, 0.29) is 11.0 Å². The topological polar surface area (TPSA) is 81.7 Å². The van der Waals surface area contributed by atoms with Crippen LogP contribution in [0.2, 0.25) is 5.02 Å². The summed E-state index contributed by atoms with van der Waals surface area (Å²) in [5.41, 5.74) is 4.68. The molecule has 0 aliphatic rings. The van der Waals surface area contributed by atoms with Gasteiger partial charge in [-0.3, -0.25) is 20.4 Å². The number of hydrogen-bond donors (Lipinski definition) is 2. The van der Waals surface area contributed by atoms with Crippen molar-refractivity contribution in [2.24, 2.45) is 0 Å². The number of nitrogens with one attached hydrogen (secondary N) is 2. The van der Waals surface area contributed by atoms with Gasteiger partial charge in [0, 0.05) is 34.9 Å². The zero-order valence-corrected chi connectivity index (χ0v) is 19.3. The number of anilines is 2. The maximum absolute atomic E-state index is 8.29. The quantitative estimate of drug-likeness (QED) is 0.310. The Labute approximate surface area is 192 Å². The Morgan fingerprint density at radius 1 is 1.06 bits per heavy atom. The molecule has 32 heavy (non-hydrogen) atoms. The number of nitrogens with zero attached hydrogens (tertiary/aromatic N) is 4. The van der Waals surface area contributed by atoms with Crippen LogP contribution in [-0.4, -0.2) is 27.9 Å². The number of aromatic nitrogens is 3. The van der Waals surface area contributed by atoms with E-state index >= 15 is 0 Å². The number of benzene rings is 2. The van der Waals surface area contributed by atoms with Crippen LogP contribution in [0.4, 0.5) is 11.5 Å². The number of fused-ring (bicyclic) bond motifs is 1. The van der Waals surface area contributed by atoms with Gasteiger partial charge in [-0.2, -0.15) is 4.98 Å². The Hall–Kier alpha value is -3.51. The van der Waals surface area contributed by atoms with Gasteiger partial charge >= 0.3 is 0 Å². The van der Waals surface area contributed by atoms with Gasteiger partial charge in [-0.25, -0.2) is 0 Å². The molecule has 7 heteroatoms. The SMILES string of the molecule is CN(c1cccc(-c2ccc(C(C)(C)C)cn2)c1)c1nc(=N)n(C=N)c2cc(Cl)ccc12. The van der Waals surface area contributed by atoms with Crippen LogP contribution in [0.5, 0.6) is 0 Å². The van der Waals surface area contributed by atoms with Gasteiger partial charge in [0.1, 0.15) is 5.82 Å². The molecule has 4 aromatic rings. The summed E-state index contributed by atoms with van der Waals surface area (Å²) in [5, 5.41) is 17.3. The number of halogens is 1. The van der Waals surface area contributed by atoms with Gasteiger partial charge in [-0.05, 0) is 47.4 Å². The smallest absolute Gasteiger partial charge is 0.229 e. The summed E-state index contributed by atoms with van der Waals surface area (Å²) in [7, 11) is 1.92. The molecule has 0 atom stereocenters. The maximum atomic E-state index is 8.29. The lowest BCUT2D eigenvalue weighted by atomic mass is 9.88. The van der Waals surface area contributed by atoms with Crippen molar-refractivity contribution in [2.75, 3.05) is 11.9 Å². The van der Waals surface area contributed by atoms with E-state index in [1.807, 2.05) is 48.5 Å². The second kappa shape index (κ2) is 8.20. The van der Waals surface area contributed by atoms with E-state index in [1.165, 1.54) is 10.1 Å². The summed E-state index contributed by atoms with van der Waals surface area (Å²) >= 11 is 6.19. The second-order valence-electron chi connectivity index (χ2n) is 8.71. The molecule has 0 bridgehead atoms. The monoisotopic (exact) mass is 444 g/mol. The first-order valence-corrected chi connectivity index (χ1v) is 10.6. The van der Waals surface area contributed by atoms with E-state index in [0.29, 0.717) is 16.4 Å². The number of hydrogen-bond acceptors (Lipinski definition) is 5. The first-order valence-electron chi connectivity index (χ1n) is 10.3. The molecule has 0 unspecified atom stereocenters. The van der Waals surface area contributed by atoms with Gasteiger partial charge < -0.3 is 4.90 Å². The third kappa shape index (κ3) is 4.01. The third-order valence-electron chi connectivity index (χ3n) is 5.51. The molecular formula is C25H25ClN6. The van der Waals surface area contributed by atoms with Crippen molar-refractivity contribution in [1.29, 1.82) is 10.8 Å². The molecule has 0 aliphatic heterocycles. The fourth-order valence-electron chi connectivity index (χ4n) is 3.61. The predicted molar refractivity (Wildman–Crippen MR) is 131 cm³/mol. The fourth-order valence-corrected chi connectivity index (χ4v) is 3.78. The zero-order valence-electron chi connectivity index (χ0n) is 18.5. The van der Waals surface area contributed by atoms with Gasteiger partial charge in [0.25, 0.3) is 0 Å². The molecule has 0 saturated carbocycles. The number of rotatable bonds is 4. The Morgan fingerprint density at radius 3 is 2.50 bits per heavy atom. The minimum Gasteiger partial charge on any atom is -0.329 e. The zero-order chi connectivity index (χ0) is 23.0. The molecule has 0 amide bonds. The molecule has 0 radical (unpaired) electrons. The van der Waals surface area contributed by atoms with Crippen molar-refractivity contribution in [3.63, 3.8) is 0 Å². The normalized spacial score (nSPS) is 11.5. The lowest BCUT2D eigenvalue weighted by Crippen LogP contribution is -2.26. The first kappa shape index (κ1) is 21.7. The summed E-state index contributed by atoms with van der Waals surface area (Å²) in [5.74, 6) is 0.618. The van der Waals surface area contributed by atoms with Crippen molar-refractivity contribution in [2.45, 2.75) is 26.2 Å². The Kier molecular flexibility index (Phi) is 5.57. The van der Waals surface area contributed by atoms with Crippen LogP contribution >= 0.6 is 11.6 Å². The molecule has 2 aromatic carbocycles. The largest absolute Gasteiger partial charge is 0.329 e. The Bertz CT molecular complexity index is 1370. The summed E-state index contributed by atoms with van der Waals surface area (Å²) in [6.07, 6.45) is 3.01. The summed E-state index contributed by atoms with van der Waals surface area (Å²) in [4.78, 5) is 11.1. The van der Waals surface area contributed by atoms with Crippen molar-refractivity contribution in [3.05, 3.63) is 77.0 Å². The van der Waals surface area contributed by atoms with Gasteiger partial charge in [0.05, 0.1) is 17.5 Å². The molecule has 2 aromatic heterocycles. The first-order chi connectivity index (χ1) is 15.2. The van der Waals surface area contributed by atoms with Crippen molar-refractivity contribution < 1.29 is 0 Å². The van der Waals surface area contributed by atoms with E-state index in [0.717, 1.165) is 28.7 Å². The van der Waals surface area contributed by atoms with E-state index in [4.69, 9.17) is 22.4 Å². The molecule has 6 nitrogen and oxygen atoms in total. The van der Waals surface area contributed by atoms with Crippen molar-refractivity contribution in [3.8, 4) is 11.3 Å². The van der Waals surface area contributed by atoms with Gasteiger partial charge in [0.2, 0.25) is 5.62 Å². The Morgan fingerprint density at radius 2 is 1.84 bits per heavy atom. The highest BCUT2D eigenvalue weighted by Crippen LogP contribution is 2.32. The average Bonchev–Trinajstić information content (AvgIpc) is 2.77. The second-order valence-corrected chi connectivity index (χ2v) is 9.15. The van der Waals surface area contributed by atoms with Crippen LogP contribution in [0, 0.1) is 10.8 Å². The van der Waals surface area contributed by atoms with Crippen LogP contribution in [0.1, 0.15) is 26.3 Å². The minimum atomic E-state index is -0.0350. The number of pyridine rings is 1. The molecule has 0 saturated heterocycles. The molecule has 2 N–H and O–H groups in total. The molecule has 4 rings (SSSR count). The van der Waals surface area contributed by atoms with Gasteiger partial charge in [-0.1, -0.05) is 50.6 Å². The lowest BCUT2D eigenvalue weighted by molar-refractivity contribution is 0.587. The van der Waals surface area contributed by atoms with Gasteiger partial charge in [0.15, 0.2) is 0 Å². The fraction of sp³-hybridized carbons (Fsp3) is 0.200. The van der Waals surface area contributed by atoms with Crippen LogP contribution < -0.4 is 10.5 Å². The highest BCUT2D eigenvalue weighted by molar-refractivity contribution is 6.31. The van der Waals surface area contributed by atoms with Crippen LogP contribution in [0.3, 0.4) is 0 Å². The lowest BCUT2D eigenvalue weighted by Gasteiger charge is -2.22. The summed E-state index contributed by atoms with van der Waals surface area (Å²) < 4.78 is 1.40. The highest BCUT2D eigenvalue weighted by atomic mass is 35.5. The molecule has 0 spiro atoms. The van der Waals surface area contributed by atoms with Crippen molar-refractivity contribution >= 4 is 40.3 Å². The molecule has 2 heterocycles. The average molecular weight is 445 g/mol. The van der Waals surface area contributed by atoms with Gasteiger partial charge in [-0.15, -0.1) is 0 Å². The van der Waals surface area contributed by atoms with Crippen LogP contribution in [0.15, 0.2) is 60.8 Å². The van der Waals surface area contributed by atoms with Crippen molar-refractivity contribution in [1.82, 2.24) is 14.5 Å². The van der Waals surface area contributed by atoms with E-state index in [1.54, 1.807) is 12.1 Å². The van der Waals surface area contributed by atoms with E-state index in [2.05, 4.69) is 42.9 Å². The molecule has 162 valence electrons. The standard InChI is InChI=1S/C25H25ClN6/c1-25(2,3)17-8-11-21(29-14-17)16-6-5-7-19(12-16)31(4)23-20-10-9-18(26)13-22(20)32(15-27)24(28)30-23/h5-15,27-28H,1-4H3. The Balaban J connectivity index is 1.78. The predicted octanol–water partition coefficient (Wildman–Crippen LogP) is 5.75. The summed E-state index contributed by atoms with van der Waals surface area (Å²) in [6, 6.07) is 17.7. The summed E-state index contributed by atoms with van der Waals surface area (Å²) in [6.45, 7) is 6.52. The maximum Gasteiger partial charge on any atom is 0.229 e. The van der Waals surface area contributed by atoms with Crippen LogP contribution in [-0.2, 0) is 5.41 Å². The van der Waals surface area contributed by atoms with E-state index < -0.39 is 0 Å². The third-order valence-corrected chi connectivity index (χ3v) is 5.74. The van der Waals surface area contributed by atoms with Crippen LogP contribution in [0.25, 0.3) is 22.2 Å². The minimum absolute atomic E-state index is 0.0350. The van der Waals surface area contributed by atoms with E-state index in [9.17, 15) is 0 Å². The molecular weight excluding hydrogens is 420 g/mol. The molecule has 0 fully saturated rings.